The lowest BCUT2D eigenvalue weighted by molar-refractivity contribution is -0.147. The van der Waals surface area contributed by atoms with Crippen molar-refractivity contribution in [3.05, 3.63) is 53.3 Å². The number of alkyl halides is 1. The zero-order valence-electron chi connectivity index (χ0n) is 21.6. The van der Waals surface area contributed by atoms with Gasteiger partial charge in [-0.1, -0.05) is 66.3 Å². The number of cyclic esters (lactones) is 1. The molecule has 0 saturated heterocycles. The molecule has 37 heavy (non-hydrogen) atoms. The molecular formula is C27H36IN3O6. The molecule has 1 aromatic heterocycles. The number of hydrogen-bond donors (Lipinski definition) is 2. The van der Waals surface area contributed by atoms with Crippen molar-refractivity contribution in [2.24, 2.45) is 5.92 Å². The van der Waals surface area contributed by atoms with Crippen molar-refractivity contribution in [1.29, 1.82) is 0 Å². The molecule has 0 aromatic carbocycles. The quantitative estimate of drug-likeness (QED) is 0.278. The highest BCUT2D eigenvalue weighted by Crippen LogP contribution is 2.22. The Morgan fingerprint density at radius 3 is 2.84 bits per heavy atom. The highest BCUT2D eigenvalue weighted by Gasteiger charge is 2.29. The van der Waals surface area contributed by atoms with Crippen molar-refractivity contribution in [1.82, 2.24) is 15.2 Å². The summed E-state index contributed by atoms with van der Waals surface area (Å²) in [5.74, 6) is -0.392. The van der Waals surface area contributed by atoms with E-state index in [1.54, 1.807) is 12.2 Å². The number of aromatic nitrogens is 1. The molecule has 2 amide bonds. The van der Waals surface area contributed by atoms with Crippen LogP contribution >= 0.6 is 22.6 Å². The first-order valence-electron chi connectivity index (χ1n) is 12.7. The number of hydrogen-bond acceptors (Lipinski definition) is 7. The molecule has 2 N–H and O–H groups in total. The third-order valence-electron chi connectivity index (χ3n) is 6.51. The lowest BCUT2D eigenvalue weighted by Crippen LogP contribution is -2.32. The first-order valence-corrected chi connectivity index (χ1v) is 14.0. The fourth-order valence-electron chi connectivity index (χ4n) is 4.35. The maximum absolute atomic E-state index is 12.9. The van der Waals surface area contributed by atoms with Crippen molar-refractivity contribution in [2.45, 2.75) is 69.0 Å². The summed E-state index contributed by atoms with van der Waals surface area (Å²) in [6.07, 6.45) is 10.1. The van der Waals surface area contributed by atoms with Gasteiger partial charge in [-0.2, -0.15) is 0 Å². The second-order valence-electron chi connectivity index (χ2n) is 9.63. The van der Waals surface area contributed by atoms with Crippen molar-refractivity contribution in [3.8, 4) is 0 Å². The van der Waals surface area contributed by atoms with Crippen LogP contribution in [0.1, 0.15) is 62.8 Å². The number of halogens is 1. The summed E-state index contributed by atoms with van der Waals surface area (Å²) in [6.45, 7) is 6.64. The largest absolute Gasteiger partial charge is 0.459 e. The molecule has 0 spiro atoms. The molecule has 0 saturated carbocycles. The number of ether oxygens (including phenoxy) is 1. The van der Waals surface area contributed by atoms with Gasteiger partial charge in [0.25, 0.3) is 5.91 Å². The maximum atomic E-state index is 12.9. The van der Waals surface area contributed by atoms with Gasteiger partial charge in [0.15, 0.2) is 11.6 Å². The molecule has 1 unspecified atom stereocenters. The Labute approximate surface area is 231 Å². The number of oxazole rings is 1. The van der Waals surface area contributed by atoms with Gasteiger partial charge in [-0.3, -0.25) is 9.59 Å². The second kappa shape index (κ2) is 13.9. The Bertz CT molecular complexity index is 1060. The minimum Gasteiger partial charge on any atom is -0.459 e. The van der Waals surface area contributed by atoms with Crippen molar-refractivity contribution < 1.29 is 28.6 Å². The highest BCUT2D eigenvalue weighted by molar-refractivity contribution is 14.1. The molecule has 4 bridgehead atoms. The van der Waals surface area contributed by atoms with Crippen LogP contribution in [-0.2, 0) is 20.7 Å². The van der Waals surface area contributed by atoms with E-state index in [9.17, 15) is 19.5 Å². The van der Waals surface area contributed by atoms with Gasteiger partial charge in [-0.15, -0.1) is 0 Å². The zero-order chi connectivity index (χ0) is 26.9. The van der Waals surface area contributed by atoms with Crippen LogP contribution in [0.3, 0.4) is 0 Å². The number of allylic oxidation sites excluding steroid dienone is 2. The van der Waals surface area contributed by atoms with Gasteiger partial charge in [0.1, 0.15) is 12.4 Å². The van der Waals surface area contributed by atoms with Gasteiger partial charge in [0, 0.05) is 29.9 Å². The van der Waals surface area contributed by atoms with Crippen LogP contribution in [0.4, 0.5) is 0 Å². The van der Waals surface area contributed by atoms with E-state index in [0.29, 0.717) is 56.7 Å². The van der Waals surface area contributed by atoms with E-state index in [4.69, 9.17) is 9.15 Å². The van der Waals surface area contributed by atoms with Crippen LogP contribution in [0.5, 0.6) is 0 Å². The molecule has 3 rings (SSSR count). The summed E-state index contributed by atoms with van der Waals surface area (Å²) in [7, 11) is 0. The highest BCUT2D eigenvalue weighted by atomic mass is 127. The van der Waals surface area contributed by atoms with Crippen molar-refractivity contribution in [2.75, 3.05) is 19.6 Å². The lowest BCUT2D eigenvalue weighted by atomic mass is 9.96. The molecule has 10 heteroatoms. The Morgan fingerprint density at radius 1 is 1.30 bits per heavy atom. The predicted molar refractivity (Wildman–Crippen MR) is 147 cm³/mol. The van der Waals surface area contributed by atoms with E-state index < -0.39 is 12.1 Å². The van der Waals surface area contributed by atoms with E-state index in [1.165, 1.54) is 11.2 Å². The molecule has 1 aromatic rings. The van der Waals surface area contributed by atoms with Gasteiger partial charge < -0.3 is 24.5 Å². The fourth-order valence-corrected chi connectivity index (χ4v) is 5.25. The molecule has 3 heterocycles. The van der Waals surface area contributed by atoms with Crippen molar-refractivity contribution in [3.63, 3.8) is 0 Å². The molecule has 202 valence electrons. The molecule has 9 nitrogen and oxygen atoms in total. The fraction of sp³-hybridized carbons (Fsp3) is 0.556. The summed E-state index contributed by atoms with van der Waals surface area (Å²) in [5.41, 5.74) is 1.52. The van der Waals surface area contributed by atoms with E-state index in [2.05, 4.69) is 32.9 Å². The number of fused-ring (bicyclic) bond motifs is 4. The van der Waals surface area contributed by atoms with Gasteiger partial charge in [-0.25, -0.2) is 9.78 Å². The summed E-state index contributed by atoms with van der Waals surface area (Å²) >= 11 is 2.24. The topological polar surface area (TPSA) is 122 Å². The Balaban J connectivity index is 1.74. The standard InChI is InChI=1S/C27H36IN3O6/c1-4-23-18(3)7-8-24(33)29-10-5-6-17(2)12-21(32)13-20(28)14-25-30-22(16-36-25)26(34)31-11-9-19(15-31)27(35)37-23/h5-6,9,12,16,18,20-21,23,32H,4,7-8,10-11,13-15H2,1-3H3,(H,29,33)/b6-5+,17-12+/t18-,20?,21-,23-/m1/s1. The molecule has 2 aliphatic heterocycles. The number of nitrogens with one attached hydrogen (secondary N) is 1. The maximum Gasteiger partial charge on any atom is 0.335 e. The molecule has 0 fully saturated rings. The van der Waals surface area contributed by atoms with Crippen LogP contribution < -0.4 is 5.32 Å². The van der Waals surface area contributed by atoms with Gasteiger partial charge in [0.2, 0.25) is 5.91 Å². The number of nitrogens with zero attached hydrogens (tertiary/aromatic N) is 2. The van der Waals surface area contributed by atoms with Gasteiger partial charge in [-0.05, 0) is 32.1 Å². The summed E-state index contributed by atoms with van der Waals surface area (Å²) in [5, 5.41) is 13.3. The molecule has 2 aliphatic rings. The number of aliphatic hydroxyl groups is 1. The smallest absolute Gasteiger partial charge is 0.335 e. The second-order valence-corrected chi connectivity index (χ2v) is 11.4. The number of esters is 1. The van der Waals surface area contributed by atoms with Crippen molar-refractivity contribution >= 4 is 40.4 Å². The van der Waals surface area contributed by atoms with Gasteiger partial charge >= 0.3 is 5.97 Å². The average Bonchev–Trinajstić information content (AvgIpc) is 3.52. The van der Waals surface area contributed by atoms with Crippen LogP contribution in [0.15, 0.2) is 46.1 Å². The van der Waals surface area contributed by atoms with Crippen LogP contribution in [0.25, 0.3) is 0 Å². The molecular weight excluding hydrogens is 589 g/mol. The Hall–Kier alpha value is -2.47. The SMILES string of the molecule is CC[C@H]1OC(=O)C2=CCN(C2)C(=O)c2coc(n2)CC(I)C[C@H](O)/C=C(C)/C=C/CNC(=O)CC[C@H]1C. The third kappa shape index (κ3) is 8.80. The Morgan fingerprint density at radius 2 is 2.08 bits per heavy atom. The first-order chi connectivity index (χ1) is 17.7. The first kappa shape index (κ1) is 29.1. The number of aliphatic hydroxyl groups excluding tert-OH is 1. The number of carbonyl (C=O) groups excluding carboxylic acids is 3. The predicted octanol–water partition coefficient (Wildman–Crippen LogP) is 3.52. The summed E-state index contributed by atoms with van der Waals surface area (Å²) < 4.78 is 11.3. The van der Waals surface area contributed by atoms with Crippen LogP contribution in [0.2, 0.25) is 0 Å². The Kier molecular flexibility index (Phi) is 10.9. The number of amides is 2. The lowest BCUT2D eigenvalue weighted by Gasteiger charge is -2.23. The monoisotopic (exact) mass is 625 g/mol. The normalized spacial score (nSPS) is 29.4. The van der Waals surface area contributed by atoms with Crippen LogP contribution in [-0.4, -0.2) is 68.5 Å². The van der Waals surface area contributed by atoms with E-state index >= 15 is 0 Å². The third-order valence-corrected chi connectivity index (χ3v) is 7.46. The number of carbonyl (C=O) groups is 3. The molecule has 0 radical (unpaired) electrons. The summed E-state index contributed by atoms with van der Waals surface area (Å²) in [6, 6.07) is 0. The summed E-state index contributed by atoms with van der Waals surface area (Å²) in [4.78, 5) is 43.9. The van der Waals surface area contributed by atoms with E-state index in [0.717, 1.165) is 5.57 Å². The minimum absolute atomic E-state index is 0.00229. The van der Waals surface area contributed by atoms with Gasteiger partial charge in [0.05, 0.1) is 18.2 Å². The molecule has 0 aliphatic carbocycles. The van der Waals surface area contributed by atoms with E-state index in [1.807, 2.05) is 32.9 Å². The zero-order valence-corrected chi connectivity index (χ0v) is 23.8. The average molecular weight is 626 g/mol. The number of rotatable bonds is 1. The van der Waals surface area contributed by atoms with E-state index in [-0.39, 0.29) is 40.0 Å². The minimum atomic E-state index is -0.649. The van der Waals surface area contributed by atoms with Crippen LogP contribution in [0, 0.1) is 5.92 Å². The molecule has 4 atom stereocenters.